The van der Waals surface area contributed by atoms with Gasteiger partial charge in [0.2, 0.25) is 0 Å². The van der Waals surface area contributed by atoms with Gasteiger partial charge < -0.3 is 9.84 Å². The highest BCUT2D eigenvalue weighted by atomic mass is 16.5. The van der Waals surface area contributed by atoms with E-state index in [0.29, 0.717) is 12.0 Å². The largest absolute Gasteiger partial charge is 0.455 e. The molecular weight excluding hydrogens is 144 g/mol. The quantitative estimate of drug-likeness (QED) is 0.609. The number of carbonyl (C=O) groups excluding carboxylic acids is 1. The van der Waals surface area contributed by atoms with Gasteiger partial charge in [-0.05, 0) is 25.8 Å². The van der Waals surface area contributed by atoms with Gasteiger partial charge in [0, 0.05) is 12.2 Å². The molecule has 1 aliphatic heterocycles. The topological polar surface area (TPSA) is 46.5 Å². The van der Waals surface area contributed by atoms with Gasteiger partial charge in [0.15, 0.2) is 0 Å². The molecule has 0 saturated heterocycles. The van der Waals surface area contributed by atoms with E-state index >= 15 is 0 Å². The van der Waals surface area contributed by atoms with E-state index in [2.05, 4.69) is 0 Å². The van der Waals surface area contributed by atoms with Crippen molar-refractivity contribution in [3.8, 4) is 0 Å². The van der Waals surface area contributed by atoms with Crippen molar-refractivity contribution < 1.29 is 14.6 Å². The summed E-state index contributed by atoms with van der Waals surface area (Å²) >= 11 is 0. The third-order valence-electron chi connectivity index (χ3n) is 1.66. The molecule has 62 valence electrons. The minimum Gasteiger partial charge on any atom is -0.455 e. The Morgan fingerprint density at radius 2 is 2.45 bits per heavy atom. The lowest BCUT2D eigenvalue weighted by atomic mass is 10.2. The predicted molar refractivity (Wildman–Crippen MR) is 40.0 cm³/mol. The van der Waals surface area contributed by atoms with E-state index in [-0.39, 0.29) is 18.7 Å². The highest BCUT2D eigenvalue weighted by Gasteiger charge is 2.20. The summed E-state index contributed by atoms with van der Waals surface area (Å²) in [6, 6.07) is 0. The zero-order chi connectivity index (χ0) is 8.27. The van der Waals surface area contributed by atoms with Crippen LogP contribution < -0.4 is 0 Å². The van der Waals surface area contributed by atoms with Crippen LogP contribution in [0.25, 0.3) is 0 Å². The van der Waals surface area contributed by atoms with Crippen molar-refractivity contribution in [1.29, 1.82) is 0 Å². The summed E-state index contributed by atoms with van der Waals surface area (Å²) < 4.78 is 4.93. The molecule has 1 atom stereocenters. The van der Waals surface area contributed by atoms with E-state index in [1.807, 2.05) is 0 Å². The summed E-state index contributed by atoms with van der Waals surface area (Å²) in [7, 11) is 0. The molecule has 0 aromatic carbocycles. The van der Waals surface area contributed by atoms with Crippen LogP contribution in [0.15, 0.2) is 11.6 Å². The fraction of sp³-hybridized carbons (Fsp3) is 0.625. The Labute approximate surface area is 65.7 Å². The third kappa shape index (κ3) is 2.05. The highest BCUT2D eigenvalue weighted by Crippen LogP contribution is 2.16. The lowest BCUT2D eigenvalue weighted by molar-refractivity contribution is -0.139. The molecule has 0 bridgehead atoms. The number of ether oxygens (including phenoxy) is 1. The van der Waals surface area contributed by atoms with Gasteiger partial charge in [-0.3, -0.25) is 0 Å². The zero-order valence-corrected chi connectivity index (χ0v) is 6.54. The number of aliphatic hydroxyl groups excluding tert-OH is 1. The molecule has 0 spiro atoms. The molecule has 0 saturated carbocycles. The van der Waals surface area contributed by atoms with E-state index in [4.69, 9.17) is 9.84 Å². The van der Waals surface area contributed by atoms with Gasteiger partial charge in [0.25, 0.3) is 0 Å². The molecule has 0 aromatic rings. The van der Waals surface area contributed by atoms with Crippen molar-refractivity contribution in [2.24, 2.45) is 0 Å². The first-order valence-corrected chi connectivity index (χ1v) is 3.74. The second-order valence-corrected chi connectivity index (χ2v) is 2.66. The summed E-state index contributed by atoms with van der Waals surface area (Å²) in [5.74, 6) is -0.229. The van der Waals surface area contributed by atoms with E-state index in [1.165, 1.54) is 0 Å². The molecular formula is C8H12O3. The Hall–Kier alpha value is -0.830. The molecule has 3 nitrogen and oxygen atoms in total. The first-order chi connectivity index (χ1) is 5.24. The van der Waals surface area contributed by atoms with Crippen LogP contribution in [0.5, 0.6) is 0 Å². The number of hydrogen-bond donors (Lipinski definition) is 1. The summed E-state index contributed by atoms with van der Waals surface area (Å²) in [6.07, 6.45) is 3.11. The van der Waals surface area contributed by atoms with Crippen LogP contribution >= 0.6 is 0 Å². The number of aliphatic hydroxyl groups is 1. The minimum atomic E-state index is -0.229. The van der Waals surface area contributed by atoms with Gasteiger partial charge >= 0.3 is 5.97 Å². The van der Waals surface area contributed by atoms with Crippen LogP contribution in [-0.4, -0.2) is 23.8 Å². The van der Waals surface area contributed by atoms with Crippen LogP contribution in [0.3, 0.4) is 0 Å². The summed E-state index contributed by atoms with van der Waals surface area (Å²) in [5, 5.41) is 8.50. The lowest BCUT2D eigenvalue weighted by Crippen LogP contribution is -2.08. The Bertz CT molecular complexity index is 184. The van der Waals surface area contributed by atoms with Gasteiger partial charge in [-0.15, -0.1) is 0 Å². The van der Waals surface area contributed by atoms with Gasteiger partial charge in [-0.1, -0.05) is 0 Å². The summed E-state index contributed by atoms with van der Waals surface area (Å²) in [6.45, 7) is 1.89. The Morgan fingerprint density at radius 1 is 1.73 bits per heavy atom. The van der Waals surface area contributed by atoms with Crippen molar-refractivity contribution >= 4 is 5.97 Å². The first-order valence-electron chi connectivity index (χ1n) is 3.74. The Balaban J connectivity index is 2.35. The van der Waals surface area contributed by atoms with Gasteiger partial charge in [0.05, 0.1) is 0 Å². The van der Waals surface area contributed by atoms with Crippen LogP contribution in [0.4, 0.5) is 0 Å². The monoisotopic (exact) mass is 156 g/mol. The van der Waals surface area contributed by atoms with Crippen LogP contribution in [0.2, 0.25) is 0 Å². The van der Waals surface area contributed by atoms with E-state index in [1.54, 1.807) is 13.0 Å². The molecule has 0 aliphatic carbocycles. The number of hydrogen-bond acceptors (Lipinski definition) is 3. The molecule has 1 heterocycles. The number of cyclic esters (lactones) is 1. The van der Waals surface area contributed by atoms with Crippen molar-refractivity contribution in [3.63, 3.8) is 0 Å². The third-order valence-corrected chi connectivity index (χ3v) is 1.66. The van der Waals surface area contributed by atoms with Crippen LogP contribution in [-0.2, 0) is 9.53 Å². The summed E-state index contributed by atoms with van der Waals surface area (Å²) in [5.41, 5.74) is 0.674. The maximum Gasteiger partial charge on any atom is 0.334 e. The second kappa shape index (κ2) is 3.53. The lowest BCUT2D eigenvalue weighted by Gasteiger charge is -2.05. The Kier molecular flexibility index (Phi) is 2.65. The molecule has 11 heavy (non-hydrogen) atoms. The van der Waals surface area contributed by atoms with Crippen molar-refractivity contribution in [3.05, 3.63) is 11.6 Å². The molecule has 0 unspecified atom stereocenters. The Morgan fingerprint density at radius 3 is 2.91 bits per heavy atom. The molecule has 1 N–H and O–H groups in total. The van der Waals surface area contributed by atoms with E-state index in [9.17, 15) is 4.79 Å². The standard InChI is InChI=1S/C8H12O3/c1-6-5-7(3-2-4-9)11-8(6)10/h5,7,9H,2-4H2,1H3/t7-/m1/s1. The van der Waals surface area contributed by atoms with E-state index in [0.717, 1.165) is 6.42 Å². The number of rotatable bonds is 3. The average molecular weight is 156 g/mol. The average Bonchev–Trinajstić information content (AvgIpc) is 2.28. The molecule has 0 aromatic heterocycles. The van der Waals surface area contributed by atoms with Crippen molar-refractivity contribution in [1.82, 2.24) is 0 Å². The fourth-order valence-electron chi connectivity index (χ4n) is 1.05. The second-order valence-electron chi connectivity index (χ2n) is 2.66. The smallest absolute Gasteiger partial charge is 0.334 e. The van der Waals surface area contributed by atoms with Gasteiger partial charge in [-0.2, -0.15) is 0 Å². The molecule has 3 heteroatoms. The molecule has 0 radical (unpaired) electrons. The van der Waals surface area contributed by atoms with Gasteiger partial charge in [0.1, 0.15) is 6.10 Å². The molecule has 0 fully saturated rings. The normalized spacial score (nSPS) is 23.3. The predicted octanol–water partition coefficient (Wildman–Crippen LogP) is 0.631. The molecule has 1 rings (SSSR count). The maximum atomic E-state index is 10.8. The van der Waals surface area contributed by atoms with Gasteiger partial charge in [-0.25, -0.2) is 4.79 Å². The number of carbonyl (C=O) groups is 1. The van der Waals surface area contributed by atoms with E-state index < -0.39 is 0 Å². The summed E-state index contributed by atoms with van der Waals surface area (Å²) in [4.78, 5) is 10.8. The zero-order valence-electron chi connectivity index (χ0n) is 6.54. The van der Waals surface area contributed by atoms with Crippen LogP contribution in [0.1, 0.15) is 19.8 Å². The maximum absolute atomic E-state index is 10.8. The van der Waals surface area contributed by atoms with Crippen molar-refractivity contribution in [2.45, 2.75) is 25.9 Å². The highest BCUT2D eigenvalue weighted by molar-refractivity contribution is 5.90. The molecule has 0 amide bonds. The number of esters is 1. The van der Waals surface area contributed by atoms with Crippen molar-refractivity contribution in [2.75, 3.05) is 6.61 Å². The minimum absolute atomic E-state index is 0.102. The van der Waals surface area contributed by atoms with Crippen LogP contribution in [0, 0.1) is 0 Å². The molecule has 1 aliphatic rings. The fourth-order valence-corrected chi connectivity index (χ4v) is 1.05. The first kappa shape index (κ1) is 8.27. The SMILES string of the molecule is CC1=C[C@@H](CCCO)OC1=O.